The topological polar surface area (TPSA) is 91.4 Å². The van der Waals surface area contributed by atoms with Crippen LogP contribution < -0.4 is 5.32 Å². The second kappa shape index (κ2) is 4.81. The van der Waals surface area contributed by atoms with E-state index in [1.165, 1.54) is 0 Å². The van der Waals surface area contributed by atoms with E-state index in [9.17, 15) is 9.59 Å². The summed E-state index contributed by atoms with van der Waals surface area (Å²) in [4.78, 5) is 25.6. The molecular formula is C12H16N2O4. The Balaban J connectivity index is 2.09. The molecule has 0 aromatic carbocycles. The van der Waals surface area contributed by atoms with Crippen molar-refractivity contribution in [2.24, 2.45) is 5.92 Å². The van der Waals surface area contributed by atoms with E-state index >= 15 is 0 Å². The first-order valence-corrected chi connectivity index (χ1v) is 5.82. The van der Waals surface area contributed by atoms with Crippen molar-refractivity contribution in [3.8, 4) is 0 Å². The molecule has 1 aromatic rings. The third-order valence-electron chi connectivity index (χ3n) is 2.99. The van der Waals surface area contributed by atoms with Gasteiger partial charge in [-0.1, -0.05) is 0 Å². The smallest absolute Gasteiger partial charge is 0.354 e. The van der Waals surface area contributed by atoms with Crippen molar-refractivity contribution in [2.75, 3.05) is 11.9 Å². The Labute approximate surface area is 104 Å². The Morgan fingerprint density at radius 1 is 1.56 bits per heavy atom. The number of ether oxygens (including phenoxy) is 1. The van der Waals surface area contributed by atoms with E-state index in [-0.39, 0.29) is 23.6 Å². The number of hydrogen-bond acceptors (Lipinski definition) is 3. The van der Waals surface area contributed by atoms with Crippen LogP contribution in [-0.2, 0) is 9.53 Å². The van der Waals surface area contributed by atoms with Gasteiger partial charge in [0, 0.05) is 5.69 Å². The molecule has 18 heavy (non-hydrogen) atoms. The van der Waals surface area contributed by atoms with E-state index in [4.69, 9.17) is 9.84 Å². The summed E-state index contributed by atoms with van der Waals surface area (Å²) in [7, 11) is 0. The lowest BCUT2D eigenvalue weighted by molar-refractivity contribution is -0.119. The Bertz CT molecular complexity index is 480. The molecule has 0 spiro atoms. The maximum Gasteiger partial charge on any atom is 0.354 e. The van der Waals surface area contributed by atoms with Gasteiger partial charge in [-0.25, -0.2) is 4.79 Å². The normalized spacial score (nSPS) is 23.0. The Kier molecular flexibility index (Phi) is 3.38. The summed E-state index contributed by atoms with van der Waals surface area (Å²) in [5.41, 5.74) is 1.01. The summed E-state index contributed by atoms with van der Waals surface area (Å²) in [5.74, 6) is -1.49. The molecule has 2 atom stereocenters. The molecule has 1 aromatic heterocycles. The number of carbonyl (C=O) groups is 2. The molecule has 1 aliphatic rings. The molecule has 98 valence electrons. The SMILES string of the molecule is Cc1cc(NC(=O)C2COC(C)C2)c(C(=O)O)[nH]1. The Morgan fingerprint density at radius 2 is 2.28 bits per heavy atom. The molecule has 2 heterocycles. The summed E-state index contributed by atoms with van der Waals surface area (Å²) in [6.07, 6.45) is 0.741. The lowest BCUT2D eigenvalue weighted by Crippen LogP contribution is -2.23. The summed E-state index contributed by atoms with van der Waals surface area (Å²) in [6, 6.07) is 1.61. The number of anilines is 1. The average molecular weight is 252 g/mol. The molecule has 1 saturated heterocycles. The van der Waals surface area contributed by atoms with Gasteiger partial charge in [0.05, 0.1) is 24.3 Å². The van der Waals surface area contributed by atoms with Gasteiger partial charge in [0.15, 0.2) is 0 Å². The van der Waals surface area contributed by atoms with Gasteiger partial charge >= 0.3 is 5.97 Å². The van der Waals surface area contributed by atoms with Crippen molar-refractivity contribution in [1.29, 1.82) is 0 Å². The van der Waals surface area contributed by atoms with Crippen molar-refractivity contribution >= 4 is 17.6 Å². The second-order valence-electron chi connectivity index (χ2n) is 4.61. The predicted molar refractivity (Wildman–Crippen MR) is 64.6 cm³/mol. The lowest BCUT2D eigenvalue weighted by atomic mass is 10.1. The number of rotatable bonds is 3. The van der Waals surface area contributed by atoms with Crippen LogP contribution in [0, 0.1) is 12.8 Å². The highest BCUT2D eigenvalue weighted by Crippen LogP contribution is 2.23. The first-order valence-electron chi connectivity index (χ1n) is 5.82. The van der Waals surface area contributed by atoms with Gasteiger partial charge in [-0.15, -0.1) is 0 Å². The zero-order valence-corrected chi connectivity index (χ0v) is 10.3. The van der Waals surface area contributed by atoms with E-state index in [0.29, 0.717) is 24.4 Å². The summed E-state index contributed by atoms with van der Waals surface area (Å²) in [5, 5.41) is 11.6. The van der Waals surface area contributed by atoms with Crippen LogP contribution in [0.5, 0.6) is 0 Å². The summed E-state index contributed by atoms with van der Waals surface area (Å²) >= 11 is 0. The van der Waals surface area contributed by atoms with Gasteiger partial charge in [0.25, 0.3) is 0 Å². The number of carboxylic acids is 1. The van der Waals surface area contributed by atoms with Crippen LogP contribution in [0.2, 0.25) is 0 Å². The van der Waals surface area contributed by atoms with E-state index in [2.05, 4.69) is 10.3 Å². The molecular weight excluding hydrogens is 236 g/mol. The van der Waals surface area contributed by atoms with E-state index in [1.807, 2.05) is 6.92 Å². The molecule has 3 N–H and O–H groups in total. The molecule has 1 amide bonds. The molecule has 1 fully saturated rings. The Hall–Kier alpha value is -1.82. The van der Waals surface area contributed by atoms with Crippen LogP contribution in [0.15, 0.2) is 6.07 Å². The maximum atomic E-state index is 11.9. The van der Waals surface area contributed by atoms with Crippen molar-refractivity contribution in [1.82, 2.24) is 4.98 Å². The number of hydrogen-bond donors (Lipinski definition) is 3. The minimum Gasteiger partial charge on any atom is -0.477 e. The molecule has 2 rings (SSSR count). The molecule has 0 saturated carbocycles. The lowest BCUT2D eigenvalue weighted by Gasteiger charge is -2.08. The van der Waals surface area contributed by atoms with E-state index in [1.54, 1.807) is 13.0 Å². The fourth-order valence-electron chi connectivity index (χ4n) is 2.09. The number of nitrogens with one attached hydrogen (secondary N) is 2. The number of aromatic amines is 1. The van der Waals surface area contributed by atoms with Crippen LogP contribution in [-0.4, -0.2) is 34.7 Å². The largest absolute Gasteiger partial charge is 0.477 e. The number of aromatic nitrogens is 1. The summed E-state index contributed by atoms with van der Waals surface area (Å²) < 4.78 is 5.32. The molecule has 6 heteroatoms. The predicted octanol–water partition coefficient (Wildman–Crippen LogP) is 1.38. The minimum absolute atomic E-state index is 0.00723. The van der Waals surface area contributed by atoms with Gasteiger partial charge in [0.1, 0.15) is 5.69 Å². The van der Waals surface area contributed by atoms with Crippen LogP contribution >= 0.6 is 0 Å². The molecule has 0 radical (unpaired) electrons. The van der Waals surface area contributed by atoms with Gasteiger partial charge < -0.3 is 20.1 Å². The van der Waals surface area contributed by atoms with Gasteiger partial charge in [-0.2, -0.15) is 0 Å². The Morgan fingerprint density at radius 3 is 2.83 bits per heavy atom. The number of aromatic carboxylic acids is 1. The second-order valence-corrected chi connectivity index (χ2v) is 4.61. The van der Waals surface area contributed by atoms with Crippen molar-refractivity contribution in [3.63, 3.8) is 0 Å². The molecule has 2 unspecified atom stereocenters. The molecule has 6 nitrogen and oxygen atoms in total. The maximum absolute atomic E-state index is 11.9. The molecule has 0 aliphatic carbocycles. The minimum atomic E-state index is -1.09. The number of H-pyrrole nitrogens is 1. The quantitative estimate of drug-likeness (QED) is 0.758. The van der Waals surface area contributed by atoms with E-state index < -0.39 is 5.97 Å². The number of carboxylic acid groups (broad SMARTS) is 1. The fourth-order valence-corrected chi connectivity index (χ4v) is 2.09. The monoisotopic (exact) mass is 252 g/mol. The van der Waals surface area contributed by atoms with Crippen molar-refractivity contribution in [2.45, 2.75) is 26.4 Å². The number of carbonyl (C=O) groups excluding carboxylic acids is 1. The highest BCUT2D eigenvalue weighted by molar-refractivity contribution is 6.00. The highest BCUT2D eigenvalue weighted by Gasteiger charge is 2.29. The fraction of sp³-hybridized carbons (Fsp3) is 0.500. The van der Waals surface area contributed by atoms with Crippen LogP contribution in [0.1, 0.15) is 29.5 Å². The first kappa shape index (κ1) is 12.6. The average Bonchev–Trinajstić information content (AvgIpc) is 2.85. The summed E-state index contributed by atoms with van der Waals surface area (Å²) in [6.45, 7) is 4.04. The van der Waals surface area contributed by atoms with E-state index in [0.717, 1.165) is 0 Å². The van der Waals surface area contributed by atoms with Gasteiger partial charge in [-0.3, -0.25) is 4.79 Å². The van der Waals surface area contributed by atoms with Gasteiger partial charge in [0.2, 0.25) is 5.91 Å². The first-order chi connectivity index (χ1) is 8.47. The number of amides is 1. The van der Waals surface area contributed by atoms with Crippen molar-refractivity contribution in [3.05, 3.63) is 17.5 Å². The third-order valence-corrected chi connectivity index (χ3v) is 2.99. The molecule has 0 bridgehead atoms. The third kappa shape index (κ3) is 2.53. The zero-order chi connectivity index (χ0) is 13.3. The number of aryl methyl sites for hydroxylation is 1. The molecule has 1 aliphatic heterocycles. The highest BCUT2D eigenvalue weighted by atomic mass is 16.5. The van der Waals surface area contributed by atoms with Gasteiger partial charge in [-0.05, 0) is 26.3 Å². The van der Waals surface area contributed by atoms with Crippen LogP contribution in [0.3, 0.4) is 0 Å². The van der Waals surface area contributed by atoms with Crippen LogP contribution in [0.4, 0.5) is 5.69 Å². The zero-order valence-electron chi connectivity index (χ0n) is 10.3. The van der Waals surface area contributed by atoms with Crippen molar-refractivity contribution < 1.29 is 19.4 Å². The standard InChI is InChI=1S/C12H16N2O4/c1-6-3-9(10(13-6)12(16)17)14-11(15)8-4-7(2)18-5-8/h3,7-8,13H,4-5H2,1-2H3,(H,14,15)(H,16,17). The van der Waals surface area contributed by atoms with Crippen LogP contribution in [0.25, 0.3) is 0 Å².